The van der Waals surface area contributed by atoms with E-state index >= 15 is 0 Å². The van der Waals surface area contributed by atoms with Gasteiger partial charge in [-0.15, -0.1) is 0 Å². The second kappa shape index (κ2) is 5.00. The van der Waals surface area contributed by atoms with Gasteiger partial charge in [0.05, 0.1) is 5.92 Å². The van der Waals surface area contributed by atoms with Crippen molar-refractivity contribution in [2.75, 3.05) is 0 Å². The van der Waals surface area contributed by atoms with Gasteiger partial charge in [-0.05, 0) is 31.6 Å². The minimum absolute atomic E-state index is 0.0304. The van der Waals surface area contributed by atoms with Gasteiger partial charge in [0.15, 0.2) is 0 Å². The Morgan fingerprint density at radius 1 is 1.31 bits per heavy atom. The van der Waals surface area contributed by atoms with Crippen LogP contribution in [0.2, 0.25) is 0 Å². The molecule has 3 nitrogen and oxygen atoms in total. The van der Waals surface area contributed by atoms with E-state index in [0.717, 1.165) is 12.8 Å². The van der Waals surface area contributed by atoms with Crippen molar-refractivity contribution in [2.24, 2.45) is 17.6 Å². The summed E-state index contributed by atoms with van der Waals surface area (Å²) >= 11 is 0. The Morgan fingerprint density at radius 3 is 2.75 bits per heavy atom. The molecule has 1 fully saturated rings. The Kier molecular flexibility index (Phi) is 3.64. The standard InChI is InChI=1S/C13H21NO2/c1-9-3-2-4-12(7-9)16-13(15)10-5-6-11(14)8-10/h5-6,9-12H,2-4,7-8,14H2,1H3. The highest BCUT2D eigenvalue weighted by molar-refractivity contribution is 5.75. The molecule has 1 saturated carbocycles. The fourth-order valence-corrected chi connectivity index (χ4v) is 2.64. The van der Waals surface area contributed by atoms with E-state index in [1.165, 1.54) is 12.8 Å². The molecule has 0 heterocycles. The third kappa shape index (κ3) is 2.85. The Hall–Kier alpha value is -0.830. The van der Waals surface area contributed by atoms with E-state index in [0.29, 0.717) is 12.3 Å². The average molecular weight is 223 g/mol. The molecule has 2 rings (SSSR count). The van der Waals surface area contributed by atoms with Gasteiger partial charge in [0.2, 0.25) is 0 Å². The number of hydrogen-bond donors (Lipinski definition) is 1. The number of carbonyl (C=O) groups is 1. The van der Waals surface area contributed by atoms with Crippen molar-refractivity contribution in [3.8, 4) is 0 Å². The molecule has 0 spiro atoms. The van der Waals surface area contributed by atoms with E-state index in [1.54, 1.807) is 0 Å². The van der Waals surface area contributed by atoms with Crippen molar-refractivity contribution in [1.82, 2.24) is 0 Å². The van der Waals surface area contributed by atoms with Crippen LogP contribution in [0.4, 0.5) is 0 Å². The summed E-state index contributed by atoms with van der Waals surface area (Å²) in [7, 11) is 0. The lowest BCUT2D eigenvalue weighted by atomic mass is 9.88. The van der Waals surface area contributed by atoms with Crippen LogP contribution in [0.1, 0.15) is 39.0 Å². The normalized spacial score (nSPS) is 38.6. The fraction of sp³-hybridized carbons (Fsp3) is 0.769. The average Bonchev–Trinajstić information content (AvgIpc) is 2.65. The number of ether oxygens (including phenoxy) is 1. The van der Waals surface area contributed by atoms with Crippen molar-refractivity contribution in [3.63, 3.8) is 0 Å². The first-order valence-electron chi connectivity index (χ1n) is 6.29. The Morgan fingerprint density at radius 2 is 2.12 bits per heavy atom. The molecular weight excluding hydrogens is 202 g/mol. The van der Waals surface area contributed by atoms with Crippen LogP contribution in [0.15, 0.2) is 12.2 Å². The van der Waals surface area contributed by atoms with Crippen LogP contribution in [0.25, 0.3) is 0 Å². The third-order valence-corrected chi connectivity index (χ3v) is 3.59. The minimum atomic E-state index is -0.104. The second-order valence-electron chi connectivity index (χ2n) is 5.22. The zero-order valence-electron chi connectivity index (χ0n) is 9.89. The van der Waals surface area contributed by atoms with Gasteiger partial charge in [-0.1, -0.05) is 25.5 Å². The summed E-state index contributed by atoms with van der Waals surface area (Å²) in [6.07, 6.45) is 9.13. The molecule has 2 aliphatic rings. The van der Waals surface area contributed by atoms with Gasteiger partial charge in [-0.2, -0.15) is 0 Å². The van der Waals surface area contributed by atoms with Crippen LogP contribution in [0.5, 0.6) is 0 Å². The molecule has 0 amide bonds. The molecule has 0 bridgehead atoms. The van der Waals surface area contributed by atoms with Crippen molar-refractivity contribution in [3.05, 3.63) is 12.2 Å². The Balaban J connectivity index is 1.80. The van der Waals surface area contributed by atoms with Gasteiger partial charge in [0.25, 0.3) is 0 Å². The van der Waals surface area contributed by atoms with Crippen molar-refractivity contribution >= 4 is 5.97 Å². The minimum Gasteiger partial charge on any atom is -0.462 e. The molecule has 0 aromatic heterocycles. The van der Waals surface area contributed by atoms with Gasteiger partial charge in [-0.25, -0.2) is 0 Å². The van der Waals surface area contributed by atoms with Crippen LogP contribution < -0.4 is 5.73 Å². The molecule has 0 aromatic carbocycles. The lowest BCUT2D eigenvalue weighted by molar-refractivity contribution is -0.154. The summed E-state index contributed by atoms with van der Waals surface area (Å²) in [6, 6.07) is 0.0304. The first-order chi connectivity index (χ1) is 7.65. The highest BCUT2D eigenvalue weighted by Gasteiger charge is 2.28. The number of hydrogen-bond acceptors (Lipinski definition) is 3. The largest absolute Gasteiger partial charge is 0.462 e. The van der Waals surface area contributed by atoms with Gasteiger partial charge in [0.1, 0.15) is 6.10 Å². The molecule has 90 valence electrons. The zero-order valence-corrected chi connectivity index (χ0v) is 9.89. The predicted octanol–water partition coefficient (Wildman–Crippen LogP) is 2.01. The first-order valence-corrected chi connectivity index (χ1v) is 6.29. The predicted molar refractivity (Wildman–Crippen MR) is 62.7 cm³/mol. The molecule has 0 saturated heterocycles. The smallest absolute Gasteiger partial charge is 0.313 e. The highest BCUT2D eigenvalue weighted by atomic mass is 16.5. The maximum Gasteiger partial charge on any atom is 0.313 e. The molecule has 3 heteroatoms. The Labute approximate surface area is 97.0 Å². The van der Waals surface area contributed by atoms with Gasteiger partial charge in [0, 0.05) is 6.04 Å². The van der Waals surface area contributed by atoms with Crippen LogP contribution >= 0.6 is 0 Å². The molecule has 2 N–H and O–H groups in total. The molecule has 0 aliphatic heterocycles. The molecule has 16 heavy (non-hydrogen) atoms. The van der Waals surface area contributed by atoms with Gasteiger partial charge in [-0.3, -0.25) is 4.79 Å². The Bertz CT molecular complexity index is 288. The summed E-state index contributed by atoms with van der Waals surface area (Å²) in [5.74, 6) is 0.503. The van der Waals surface area contributed by atoms with Crippen LogP contribution in [-0.2, 0) is 9.53 Å². The van der Waals surface area contributed by atoms with E-state index < -0.39 is 0 Å². The molecule has 0 aromatic rings. The van der Waals surface area contributed by atoms with Crippen molar-refractivity contribution < 1.29 is 9.53 Å². The summed E-state index contributed by atoms with van der Waals surface area (Å²) in [5, 5.41) is 0. The second-order valence-corrected chi connectivity index (χ2v) is 5.22. The van der Waals surface area contributed by atoms with E-state index in [9.17, 15) is 4.79 Å². The highest BCUT2D eigenvalue weighted by Crippen LogP contribution is 2.27. The van der Waals surface area contributed by atoms with Gasteiger partial charge < -0.3 is 10.5 Å². The summed E-state index contributed by atoms with van der Waals surface area (Å²) < 4.78 is 5.55. The zero-order chi connectivity index (χ0) is 11.5. The molecular formula is C13H21NO2. The van der Waals surface area contributed by atoms with Crippen LogP contribution in [-0.4, -0.2) is 18.1 Å². The lowest BCUT2D eigenvalue weighted by Gasteiger charge is -2.27. The molecule has 4 atom stereocenters. The van der Waals surface area contributed by atoms with Crippen molar-refractivity contribution in [2.45, 2.75) is 51.2 Å². The van der Waals surface area contributed by atoms with Crippen LogP contribution in [0, 0.1) is 11.8 Å². The van der Waals surface area contributed by atoms with Crippen LogP contribution in [0.3, 0.4) is 0 Å². The first kappa shape index (κ1) is 11.6. The topological polar surface area (TPSA) is 52.3 Å². The number of esters is 1. The molecule has 4 unspecified atom stereocenters. The van der Waals surface area contributed by atoms with E-state index in [-0.39, 0.29) is 24.0 Å². The van der Waals surface area contributed by atoms with Gasteiger partial charge >= 0.3 is 5.97 Å². The van der Waals surface area contributed by atoms with Crippen molar-refractivity contribution in [1.29, 1.82) is 0 Å². The summed E-state index contributed by atoms with van der Waals surface area (Å²) in [4.78, 5) is 11.8. The summed E-state index contributed by atoms with van der Waals surface area (Å²) in [5.41, 5.74) is 5.72. The lowest BCUT2D eigenvalue weighted by Crippen LogP contribution is -2.28. The molecule has 0 radical (unpaired) electrons. The van der Waals surface area contributed by atoms with E-state index in [1.807, 2.05) is 12.2 Å². The summed E-state index contributed by atoms with van der Waals surface area (Å²) in [6.45, 7) is 2.23. The SMILES string of the molecule is CC1CCCC(OC(=O)C2C=CC(N)C2)C1. The maximum atomic E-state index is 11.8. The fourth-order valence-electron chi connectivity index (χ4n) is 2.64. The quantitative estimate of drug-likeness (QED) is 0.575. The maximum absolute atomic E-state index is 11.8. The van der Waals surface area contributed by atoms with E-state index in [2.05, 4.69) is 6.92 Å². The number of rotatable bonds is 2. The monoisotopic (exact) mass is 223 g/mol. The van der Waals surface area contributed by atoms with E-state index in [4.69, 9.17) is 10.5 Å². The molecule has 2 aliphatic carbocycles. The third-order valence-electron chi connectivity index (χ3n) is 3.59. The number of nitrogens with two attached hydrogens (primary N) is 1. The number of carbonyl (C=O) groups excluding carboxylic acids is 1.